The molecule has 37 heavy (non-hydrogen) atoms. The molecular formula is C26H27ClN6O2S2. The van der Waals surface area contributed by atoms with Gasteiger partial charge in [0.25, 0.3) is 5.56 Å². The van der Waals surface area contributed by atoms with E-state index in [1.165, 1.54) is 33.1 Å². The maximum atomic E-state index is 13.0. The zero-order valence-electron chi connectivity index (χ0n) is 20.4. The van der Waals surface area contributed by atoms with Crippen LogP contribution in [0, 0.1) is 5.41 Å². The predicted molar refractivity (Wildman–Crippen MR) is 148 cm³/mol. The highest BCUT2D eigenvalue weighted by Crippen LogP contribution is 2.52. The van der Waals surface area contributed by atoms with Crippen molar-refractivity contribution in [3.8, 4) is 0 Å². The molecule has 1 fully saturated rings. The number of aromatic nitrogens is 4. The Morgan fingerprint density at radius 1 is 1.22 bits per heavy atom. The smallest absolute Gasteiger partial charge is 0.262 e. The van der Waals surface area contributed by atoms with Crippen molar-refractivity contribution in [3.05, 3.63) is 68.1 Å². The number of rotatable bonds is 6. The number of ether oxygens (including phenoxy) is 1. The first-order chi connectivity index (χ1) is 18.0. The zero-order chi connectivity index (χ0) is 25.6. The number of piperidine rings is 1. The topological polar surface area (TPSA) is 99.2 Å². The number of nitrogens with two attached hydrogens (primary N) is 1. The Kier molecular flexibility index (Phi) is 6.70. The summed E-state index contributed by atoms with van der Waals surface area (Å²) in [6, 6.07) is 6.05. The maximum absolute atomic E-state index is 13.0. The molecule has 192 valence electrons. The highest BCUT2D eigenvalue weighted by molar-refractivity contribution is 7.99. The molecule has 0 radical (unpaired) electrons. The van der Waals surface area contributed by atoms with Crippen LogP contribution in [0.3, 0.4) is 0 Å². The number of methoxy groups -OCH3 is 1. The van der Waals surface area contributed by atoms with Gasteiger partial charge in [-0.25, -0.2) is 15.0 Å². The Labute approximate surface area is 227 Å². The van der Waals surface area contributed by atoms with E-state index in [0.29, 0.717) is 34.1 Å². The molecule has 1 aliphatic heterocycles. The van der Waals surface area contributed by atoms with Crippen LogP contribution in [-0.2, 0) is 17.7 Å². The Morgan fingerprint density at radius 2 is 2.05 bits per heavy atom. The van der Waals surface area contributed by atoms with Crippen molar-refractivity contribution in [1.82, 2.24) is 19.5 Å². The molecule has 11 heteroatoms. The Hall–Kier alpha value is -2.50. The second-order valence-corrected chi connectivity index (χ2v) is 12.0. The number of hydrogen-bond acceptors (Lipinski definition) is 9. The molecule has 8 nitrogen and oxygen atoms in total. The van der Waals surface area contributed by atoms with E-state index in [1.54, 1.807) is 24.6 Å². The van der Waals surface area contributed by atoms with Crippen LogP contribution in [-0.4, -0.2) is 46.3 Å². The molecule has 2 aliphatic rings. The lowest BCUT2D eigenvalue weighted by Crippen LogP contribution is -2.44. The van der Waals surface area contributed by atoms with Gasteiger partial charge in [0, 0.05) is 36.0 Å². The quantitative estimate of drug-likeness (QED) is 0.371. The first kappa shape index (κ1) is 24.8. The SMILES string of the molecule is COCCn1cnc2ccc(Sc3cnc(N4CCC5(CC4)Cc4ccsc4[C@H]5N)cn3)c(Cl)c2c1=O. The van der Waals surface area contributed by atoms with Crippen LogP contribution in [0.25, 0.3) is 10.9 Å². The van der Waals surface area contributed by atoms with Gasteiger partial charge in [-0.15, -0.1) is 11.3 Å². The minimum absolute atomic E-state index is 0.139. The van der Waals surface area contributed by atoms with Gasteiger partial charge < -0.3 is 15.4 Å². The van der Waals surface area contributed by atoms with Gasteiger partial charge in [-0.1, -0.05) is 23.4 Å². The van der Waals surface area contributed by atoms with Crippen LogP contribution in [0.15, 0.2) is 57.0 Å². The van der Waals surface area contributed by atoms with E-state index >= 15 is 0 Å². The molecule has 0 amide bonds. The molecule has 4 aromatic rings. The molecule has 1 spiro atoms. The summed E-state index contributed by atoms with van der Waals surface area (Å²) in [5.41, 5.74) is 8.67. The summed E-state index contributed by atoms with van der Waals surface area (Å²) < 4.78 is 6.60. The Morgan fingerprint density at radius 3 is 2.78 bits per heavy atom. The van der Waals surface area contributed by atoms with Gasteiger partial charge in [-0.05, 0) is 53.8 Å². The van der Waals surface area contributed by atoms with Gasteiger partial charge >= 0.3 is 0 Å². The van der Waals surface area contributed by atoms with E-state index in [2.05, 4.69) is 26.3 Å². The maximum Gasteiger partial charge on any atom is 0.262 e. The third kappa shape index (κ3) is 4.44. The third-order valence-corrected chi connectivity index (χ3v) is 10.1. The molecule has 1 saturated heterocycles. The fourth-order valence-electron chi connectivity index (χ4n) is 5.45. The minimum atomic E-state index is -0.184. The number of anilines is 1. The molecule has 6 rings (SSSR count). The summed E-state index contributed by atoms with van der Waals surface area (Å²) in [6.07, 6.45) is 8.30. The second-order valence-electron chi connectivity index (χ2n) is 9.64. The molecule has 4 heterocycles. The summed E-state index contributed by atoms with van der Waals surface area (Å²) in [5, 5.41) is 3.64. The molecule has 2 N–H and O–H groups in total. The van der Waals surface area contributed by atoms with Crippen molar-refractivity contribution in [1.29, 1.82) is 0 Å². The molecule has 1 atom stereocenters. The van der Waals surface area contributed by atoms with Gasteiger partial charge in [0.1, 0.15) is 10.8 Å². The van der Waals surface area contributed by atoms with Crippen LogP contribution in [0.1, 0.15) is 29.3 Å². The number of halogens is 1. The summed E-state index contributed by atoms with van der Waals surface area (Å²) in [7, 11) is 1.60. The first-order valence-corrected chi connectivity index (χ1v) is 14.3. The first-order valence-electron chi connectivity index (χ1n) is 12.2. The van der Waals surface area contributed by atoms with E-state index < -0.39 is 0 Å². The fourth-order valence-corrected chi connectivity index (χ4v) is 7.64. The van der Waals surface area contributed by atoms with E-state index in [9.17, 15) is 4.79 Å². The fraction of sp³-hybridized carbons (Fsp3) is 0.385. The van der Waals surface area contributed by atoms with Gasteiger partial charge in [0.05, 0.1) is 47.8 Å². The largest absolute Gasteiger partial charge is 0.383 e. The summed E-state index contributed by atoms with van der Waals surface area (Å²) >= 11 is 9.86. The lowest BCUT2D eigenvalue weighted by Gasteiger charge is -2.42. The summed E-state index contributed by atoms with van der Waals surface area (Å²) in [6.45, 7) is 2.67. The average Bonchev–Trinajstić information content (AvgIpc) is 3.47. The number of benzene rings is 1. The number of nitrogens with zero attached hydrogens (tertiary/aromatic N) is 5. The molecule has 0 saturated carbocycles. The monoisotopic (exact) mass is 554 g/mol. The number of hydrogen-bond donors (Lipinski definition) is 1. The zero-order valence-corrected chi connectivity index (χ0v) is 22.8. The van der Waals surface area contributed by atoms with Gasteiger partial charge in [0.2, 0.25) is 0 Å². The van der Waals surface area contributed by atoms with E-state index in [4.69, 9.17) is 27.1 Å². The number of thiophene rings is 1. The second kappa shape index (κ2) is 9.99. The minimum Gasteiger partial charge on any atom is -0.383 e. The lowest BCUT2D eigenvalue weighted by molar-refractivity contribution is 0.186. The van der Waals surface area contributed by atoms with E-state index in [-0.39, 0.29) is 17.0 Å². The molecule has 1 aromatic carbocycles. The predicted octanol–water partition coefficient (Wildman–Crippen LogP) is 4.54. The average molecular weight is 555 g/mol. The van der Waals surface area contributed by atoms with Crippen molar-refractivity contribution in [3.63, 3.8) is 0 Å². The molecule has 1 aliphatic carbocycles. The lowest BCUT2D eigenvalue weighted by atomic mass is 9.73. The van der Waals surface area contributed by atoms with Crippen molar-refractivity contribution in [2.75, 3.05) is 31.7 Å². The van der Waals surface area contributed by atoms with Crippen LogP contribution in [0.5, 0.6) is 0 Å². The normalized spacial score (nSPS) is 18.6. The van der Waals surface area contributed by atoms with Gasteiger partial charge in [-0.3, -0.25) is 9.36 Å². The highest BCUT2D eigenvalue weighted by atomic mass is 35.5. The summed E-state index contributed by atoms with van der Waals surface area (Å²) in [5.74, 6) is 0.871. The highest BCUT2D eigenvalue weighted by Gasteiger charge is 2.46. The van der Waals surface area contributed by atoms with Gasteiger partial charge in [0.15, 0.2) is 0 Å². The van der Waals surface area contributed by atoms with Crippen LogP contribution >= 0.6 is 34.7 Å². The standard InChI is InChI=1S/C26H27ClN6O2S2/c1-35-10-9-33-15-31-17-2-3-18(22(27)21(17)25(33)34)37-20-14-29-19(13-30-20)32-7-5-26(6-8-32)12-16-4-11-36-23(16)24(26)28/h2-4,11,13-15,24H,5-10,12,28H2,1H3/t24-/m1/s1. The van der Waals surface area contributed by atoms with E-state index in [1.807, 2.05) is 18.3 Å². The van der Waals surface area contributed by atoms with Crippen molar-refractivity contribution in [2.45, 2.75) is 41.8 Å². The number of fused-ring (bicyclic) bond motifs is 2. The van der Waals surface area contributed by atoms with Crippen LogP contribution < -0.4 is 16.2 Å². The molecule has 3 aromatic heterocycles. The molecule has 0 bridgehead atoms. The van der Waals surface area contributed by atoms with Crippen molar-refractivity contribution >= 4 is 51.4 Å². The van der Waals surface area contributed by atoms with E-state index in [0.717, 1.165) is 43.1 Å². The van der Waals surface area contributed by atoms with Gasteiger partial charge in [-0.2, -0.15) is 0 Å². The van der Waals surface area contributed by atoms with Crippen LogP contribution in [0.2, 0.25) is 5.02 Å². The van der Waals surface area contributed by atoms with Crippen LogP contribution in [0.4, 0.5) is 5.82 Å². The third-order valence-electron chi connectivity index (χ3n) is 7.61. The van der Waals surface area contributed by atoms with Crippen molar-refractivity contribution < 1.29 is 4.74 Å². The Bertz CT molecular complexity index is 1500. The summed E-state index contributed by atoms with van der Waals surface area (Å²) in [4.78, 5) is 31.1. The molecule has 0 unspecified atom stereocenters. The Balaban J connectivity index is 1.16. The molecular weight excluding hydrogens is 528 g/mol. The van der Waals surface area contributed by atoms with Crippen molar-refractivity contribution in [2.24, 2.45) is 11.1 Å².